The maximum absolute atomic E-state index is 11.2. The van der Waals surface area contributed by atoms with Crippen molar-refractivity contribution in [3.05, 3.63) is 47.9 Å². The van der Waals surface area contributed by atoms with Gasteiger partial charge in [-0.25, -0.2) is 18.5 Å². The van der Waals surface area contributed by atoms with Gasteiger partial charge in [-0.15, -0.1) is 0 Å². The second kappa shape index (κ2) is 5.54. The van der Waals surface area contributed by atoms with E-state index in [9.17, 15) is 8.42 Å². The van der Waals surface area contributed by atoms with Gasteiger partial charge in [0.15, 0.2) is 5.03 Å². The van der Waals surface area contributed by atoms with Gasteiger partial charge in [-0.05, 0) is 25.3 Å². The molecule has 2 rings (SSSR count). The Morgan fingerprint density at radius 2 is 1.95 bits per heavy atom. The zero-order valence-electron chi connectivity index (χ0n) is 10.8. The van der Waals surface area contributed by atoms with Crippen molar-refractivity contribution in [1.82, 2.24) is 9.55 Å². The molecule has 0 bridgehead atoms. The highest BCUT2D eigenvalue weighted by molar-refractivity contribution is 7.89. The number of nitrogens with zero attached hydrogens (tertiary/aromatic N) is 2. The number of primary sulfonamides is 1. The fourth-order valence-electron chi connectivity index (χ4n) is 1.94. The van der Waals surface area contributed by atoms with Crippen LogP contribution in [-0.2, 0) is 23.0 Å². The minimum atomic E-state index is -3.71. The molecule has 0 aliphatic heterocycles. The van der Waals surface area contributed by atoms with Gasteiger partial charge in [0, 0.05) is 12.7 Å². The number of rotatable bonds is 5. The second-order valence-electron chi connectivity index (χ2n) is 4.45. The molecule has 0 amide bonds. The molecule has 102 valence electrons. The van der Waals surface area contributed by atoms with E-state index in [4.69, 9.17) is 5.14 Å². The van der Waals surface area contributed by atoms with E-state index in [-0.39, 0.29) is 5.03 Å². The Hall–Kier alpha value is -1.66. The van der Waals surface area contributed by atoms with Crippen LogP contribution in [0.2, 0.25) is 0 Å². The summed E-state index contributed by atoms with van der Waals surface area (Å²) in [6.45, 7) is 2.50. The third kappa shape index (κ3) is 3.65. The zero-order chi connectivity index (χ0) is 13.9. The summed E-state index contributed by atoms with van der Waals surface area (Å²) in [6.07, 6.45) is 3.37. The number of benzene rings is 1. The lowest BCUT2D eigenvalue weighted by molar-refractivity contribution is 0.594. The van der Waals surface area contributed by atoms with Crippen molar-refractivity contribution in [2.75, 3.05) is 0 Å². The lowest BCUT2D eigenvalue weighted by Gasteiger charge is -2.04. The molecule has 1 heterocycles. The average molecular weight is 279 g/mol. The van der Waals surface area contributed by atoms with Crippen LogP contribution in [0, 0.1) is 6.92 Å². The average Bonchev–Trinajstić information content (AvgIpc) is 2.72. The monoisotopic (exact) mass is 279 g/mol. The van der Waals surface area contributed by atoms with Gasteiger partial charge in [-0.1, -0.05) is 30.3 Å². The fourth-order valence-corrected chi connectivity index (χ4v) is 2.47. The van der Waals surface area contributed by atoms with Crippen molar-refractivity contribution in [2.24, 2.45) is 5.14 Å². The van der Waals surface area contributed by atoms with E-state index in [1.807, 2.05) is 22.8 Å². The van der Waals surface area contributed by atoms with Crippen LogP contribution in [0.4, 0.5) is 0 Å². The molecule has 1 aromatic carbocycles. The molecule has 2 N–H and O–H groups in total. The number of imidazole rings is 1. The Morgan fingerprint density at radius 1 is 1.26 bits per heavy atom. The lowest BCUT2D eigenvalue weighted by Crippen LogP contribution is -2.12. The van der Waals surface area contributed by atoms with E-state index < -0.39 is 10.0 Å². The van der Waals surface area contributed by atoms with E-state index in [2.05, 4.69) is 17.1 Å². The maximum atomic E-state index is 11.2. The van der Waals surface area contributed by atoms with Gasteiger partial charge in [0.05, 0.1) is 0 Å². The van der Waals surface area contributed by atoms with Crippen LogP contribution in [0.1, 0.15) is 17.8 Å². The van der Waals surface area contributed by atoms with Gasteiger partial charge in [0.1, 0.15) is 5.82 Å². The number of nitrogens with two attached hydrogens (primary N) is 1. The SMILES string of the molecule is Cc1nc(S(N)(=O)=O)cn1CCCc1ccccc1. The van der Waals surface area contributed by atoms with Crippen LogP contribution in [0.15, 0.2) is 41.6 Å². The van der Waals surface area contributed by atoms with Crippen LogP contribution in [0.3, 0.4) is 0 Å². The van der Waals surface area contributed by atoms with Crippen LogP contribution in [0.5, 0.6) is 0 Å². The van der Waals surface area contributed by atoms with E-state index in [1.54, 1.807) is 6.92 Å². The molecule has 5 nitrogen and oxygen atoms in total. The third-order valence-corrected chi connectivity index (χ3v) is 3.73. The summed E-state index contributed by atoms with van der Waals surface area (Å²) >= 11 is 0. The largest absolute Gasteiger partial charge is 0.334 e. The number of hydrogen-bond acceptors (Lipinski definition) is 3. The lowest BCUT2D eigenvalue weighted by atomic mass is 10.1. The Balaban J connectivity index is 1.99. The molecule has 0 radical (unpaired) electrons. The van der Waals surface area contributed by atoms with Crippen molar-refractivity contribution in [3.8, 4) is 0 Å². The Kier molecular flexibility index (Phi) is 4.01. The topological polar surface area (TPSA) is 78.0 Å². The summed E-state index contributed by atoms with van der Waals surface area (Å²) in [4.78, 5) is 3.96. The minimum absolute atomic E-state index is 0.0651. The van der Waals surface area contributed by atoms with Crippen molar-refractivity contribution in [3.63, 3.8) is 0 Å². The summed E-state index contributed by atoms with van der Waals surface area (Å²) in [6, 6.07) is 10.2. The molecule has 0 fully saturated rings. The van der Waals surface area contributed by atoms with Gasteiger partial charge < -0.3 is 4.57 Å². The fraction of sp³-hybridized carbons (Fsp3) is 0.308. The van der Waals surface area contributed by atoms with Crippen molar-refractivity contribution in [2.45, 2.75) is 31.3 Å². The summed E-state index contributed by atoms with van der Waals surface area (Å²) in [5, 5.41) is 4.99. The molecular weight excluding hydrogens is 262 g/mol. The molecule has 19 heavy (non-hydrogen) atoms. The summed E-state index contributed by atoms with van der Waals surface area (Å²) in [7, 11) is -3.71. The number of aryl methyl sites for hydroxylation is 3. The molecule has 0 aliphatic carbocycles. The molecule has 0 atom stereocenters. The molecule has 1 aromatic heterocycles. The van der Waals surface area contributed by atoms with Gasteiger partial charge in [-0.2, -0.15) is 0 Å². The van der Waals surface area contributed by atoms with E-state index in [0.717, 1.165) is 19.4 Å². The van der Waals surface area contributed by atoms with Gasteiger partial charge in [0.25, 0.3) is 10.0 Å². The normalized spacial score (nSPS) is 11.7. The molecule has 2 aromatic rings. The van der Waals surface area contributed by atoms with Crippen molar-refractivity contribution >= 4 is 10.0 Å². The predicted molar refractivity (Wildman–Crippen MR) is 73.1 cm³/mol. The molecular formula is C13H17N3O2S. The van der Waals surface area contributed by atoms with E-state index in [0.29, 0.717) is 5.82 Å². The van der Waals surface area contributed by atoms with Crippen LogP contribution < -0.4 is 5.14 Å². The minimum Gasteiger partial charge on any atom is -0.334 e. The molecule has 0 aliphatic rings. The molecule has 6 heteroatoms. The first-order chi connectivity index (χ1) is 8.97. The summed E-state index contributed by atoms with van der Waals surface area (Å²) in [5.41, 5.74) is 1.27. The standard InChI is InChI=1S/C13H17N3O2S/c1-11-15-13(19(14,17)18)10-16(11)9-5-8-12-6-3-2-4-7-12/h2-4,6-7,10H,5,8-9H2,1H3,(H2,14,17,18). The maximum Gasteiger partial charge on any atom is 0.257 e. The van der Waals surface area contributed by atoms with E-state index in [1.165, 1.54) is 11.8 Å². The van der Waals surface area contributed by atoms with E-state index >= 15 is 0 Å². The highest BCUT2D eigenvalue weighted by Crippen LogP contribution is 2.09. The quantitative estimate of drug-likeness (QED) is 0.900. The Bertz CT molecular complexity index is 648. The van der Waals surface area contributed by atoms with Crippen LogP contribution in [0.25, 0.3) is 0 Å². The smallest absolute Gasteiger partial charge is 0.257 e. The third-order valence-electron chi connectivity index (χ3n) is 2.95. The number of hydrogen-bond donors (Lipinski definition) is 1. The first kappa shape index (κ1) is 13.8. The first-order valence-corrected chi connectivity index (χ1v) is 7.62. The summed E-state index contributed by atoms with van der Waals surface area (Å²) < 4.78 is 24.2. The first-order valence-electron chi connectivity index (χ1n) is 6.07. The Labute approximate surface area is 113 Å². The second-order valence-corrected chi connectivity index (χ2v) is 5.96. The molecule has 0 spiro atoms. The highest BCUT2D eigenvalue weighted by atomic mass is 32.2. The van der Waals surface area contributed by atoms with Crippen LogP contribution in [-0.4, -0.2) is 18.0 Å². The summed E-state index contributed by atoms with van der Waals surface area (Å²) in [5.74, 6) is 0.664. The molecule has 0 saturated carbocycles. The van der Waals surface area contributed by atoms with Crippen molar-refractivity contribution in [1.29, 1.82) is 0 Å². The Morgan fingerprint density at radius 3 is 2.53 bits per heavy atom. The zero-order valence-corrected chi connectivity index (χ0v) is 11.6. The van der Waals surface area contributed by atoms with Crippen LogP contribution >= 0.6 is 0 Å². The molecule has 0 unspecified atom stereocenters. The highest BCUT2D eigenvalue weighted by Gasteiger charge is 2.13. The predicted octanol–water partition coefficient (Wildman–Crippen LogP) is 1.47. The number of aromatic nitrogens is 2. The van der Waals surface area contributed by atoms with Gasteiger partial charge in [-0.3, -0.25) is 0 Å². The molecule has 0 saturated heterocycles. The van der Waals surface area contributed by atoms with Gasteiger partial charge in [0.2, 0.25) is 0 Å². The van der Waals surface area contributed by atoms with Gasteiger partial charge >= 0.3 is 0 Å². The number of sulfonamides is 1. The van der Waals surface area contributed by atoms with Crippen molar-refractivity contribution < 1.29 is 8.42 Å².